The van der Waals surface area contributed by atoms with Crippen LogP contribution in [0.4, 0.5) is 0 Å². The van der Waals surface area contributed by atoms with E-state index in [1.54, 1.807) is 0 Å². The van der Waals surface area contributed by atoms with Crippen molar-refractivity contribution < 1.29 is 86.5 Å². The summed E-state index contributed by atoms with van der Waals surface area (Å²) in [6, 6.07) is -2.75. The van der Waals surface area contributed by atoms with Crippen molar-refractivity contribution in [3.63, 3.8) is 0 Å². The van der Waals surface area contributed by atoms with Gasteiger partial charge in [-0.15, -0.1) is 11.8 Å². The van der Waals surface area contributed by atoms with Crippen LogP contribution >= 0.6 is 55.9 Å². The number of methoxy groups -OCH3 is 2. The molecule has 2 saturated heterocycles. The molecule has 0 bridgehead atoms. The van der Waals surface area contributed by atoms with E-state index in [0.717, 1.165) is 66.6 Å². The maximum atomic E-state index is 14.2. The first-order chi connectivity index (χ1) is 27.7. The van der Waals surface area contributed by atoms with Gasteiger partial charge in [0.05, 0.1) is 37.7 Å². The van der Waals surface area contributed by atoms with E-state index in [1.165, 1.54) is 10.8 Å². The van der Waals surface area contributed by atoms with Gasteiger partial charge >= 0.3 is 35.8 Å². The van der Waals surface area contributed by atoms with Crippen LogP contribution in [0.25, 0.3) is 0 Å². The summed E-state index contributed by atoms with van der Waals surface area (Å²) in [5.74, 6) is -6.83. The highest BCUT2D eigenvalue weighted by Gasteiger charge is 2.62. The number of esters is 6. The molecule has 2 aliphatic heterocycles. The van der Waals surface area contributed by atoms with Crippen molar-refractivity contribution in [1.82, 2.24) is 10.6 Å². The molecule has 0 aromatic rings. The lowest BCUT2D eigenvalue weighted by molar-refractivity contribution is -0.217. The predicted molar refractivity (Wildman–Crippen MR) is 224 cm³/mol. The predicted octanol–water partition coefficient (Wildman–Crippen LogP) is 1.11. The zero-order valence-electron chi connectivity index (χ0n) is 35.1. The van der Waals surface area contributed by atoms with E-state index in [-0.39, 0.29) is 10.8 Å². The van der Waals surface area contributed by atoms with E-state index in [4.69, 9.17) is 37.9 Å². The van der Waals surface area contributed by atoms with Gasteiger partial charge in [0, 0.05) is 63.6 Å². The SMILES string of the molecule is COC(=O)[C@@]1(SSC(C)(C)C)C[C@H](OC(C)=O)[C@@H](NC(C)=O)[C@H]([C@H](O)[C@@H](COC(C)=O)S[C@]2(C(=O)OC)C[C@H](OC(C)=O)[C@@H](NC(C)=O)[C@H]([C@H](OC(C)=O)[C@H](O)CI)O2)O1. The lowest BCUT2D eigenvalue weighted by atomic mass is 9.89. The summed E-state index contributed by atoms with van der Waals surface area (Å²) >= 11 is 2.30. The van der Waals surface area contributed by atoms with Crippen molar-refractivity contribution in [1.29, 1.82) is 0 Å². The topological polar surface area (TPSA) is 275 Å². The van der Waals surface area contributed by atoms with E-state index >= 15 is 0 Å². The van der Waals surface area contributed by atoms with Gasteiger partial charge in [-0.25, -0.2) is 9.59 Å². The summed E-state index contributed by atoms with van der Waals surface area (Å²) in [7, 11) is 4.23. The Morgan fingerprint density at radius 2 is 1.22 bits per heavy atom. The number of aliphatic hydroxyl groups excluding tert-OH is 2. The second-order valence-corrected chi connectivity index (χ2v) is 20.4. The van der Waals surface area contributed by atoms with Gasteiger partial charge in [-0.2, -0.15) is 0 Å². The number of amides is 2. The highest BCUT2D eigenvalue weighted by Crippen LogP contribution is 2.52. The maximum Gasteiger partial charge on any atom is 0.349 e. The van der Waals surface area contributed by atoms with Crippen LogP contribution < -0.4 is 10.6 Å². The van der Waals surface area contributed by atoms with Crippen LogP contribution in [0.3, 0.4) is 0 Å². The van der Waals surface area contributed by atoms with E-state index in [0.29, 0.717) is 11.8 Å². The molecule has 0 aromatic heterocycles. The number of alkyl halides is 1. The number of carbonyl (C=O) groups is 8. The van der Waals surface area contributed by atoms with Gasteiger partial charge in [0.25, 0.3) is 0 Å². The lowest BCUT2D eigenvalue weighted by Gasteiger charge is -2.51. The molecular weight excluding hydrogens is 971 g/mol. The summed E-state index contributed by atoms with van der Waals surface area (Å²) < 4.78 is 44.9. The number of thioether (sulfide) groups is 1. The number of hydrogen-bond donors (Lipinski definition) is 4. The van der Waals surface area contributed by atoms with Crippen molar-refractivity contribution in [2.75, 3.05) is 25.3 Å². The van der Waals surface area contributed by atoms with Crippen molar-refractivity contribution in [2.24, 2.45) is 0 Å². The molecule has 60 heavy (non-hydrogen) atoms. The Balaban J connectivity index is 2.99. The molecule has 24 heteroatoms. The van der Waals surface area contributed by atoms with Crippen LogP contribution in [0.5, 0.6) is 0 Å². The third kappa shape index (κ3) is 15.0. The molecule has 2 rings (SSSR count). The molecule has 0 aromatic carbocycles. The summed E-state index contributed by atoms with van der Waals surface area (Å²) in [5.41, 5.74) is 0. The molecule has 2 fully saturated rings. The molecule has 2 aliphatic rings. The molecule has 4 N–H and O–H groups in total. The number of nitrogens with one attached hydrogen (secondary N) is 2. The van der Waals surface area contributed by atoms with Crippen LogP contribution in [0.2, 0.25) is 0 Å². The molecule has 2 amide bonds. The van der Waals surface area contributed by atoms with Crippen LogP contribution in [0.15, 0.2) is 0 Å². The minimum atomic E-state index is -2.41. The normalized spacial score (nSPS) is 28.6. The molecule has 0 spiro atoms. The molecule has 12 atom stereocenters. The summed E-state index contributed by atoms with van der Waals surface area (Å²) in [6.07, 6.45) is -12.3. The fourth-order valence-electron chi connectivity index (χ4n) is 6.40. The summed E-state index contributed by atoms with van der Waals surface area (Å²) in [6.45, 7) is 11.4. The fourth-order valence-corrected chi connectivity index (χ4v) is 11.0. The van der Waals surface area contributed by atoms with E-state index in [1.807, 2.05) is 43.4 Å². The molecule has 342 valence electrons. The Morgan fingerprint density at radius 3 is 1.63 bits per heavy atom. The molecule has 20 nitrogen and oxygen atoms in total. The number of aliphatic hydroxyl groups is 2. The number of rotatable bonds is 18. The fraction of sp³-hybridized carbons (Fsp3) is 0.778. The molecule has 0 radical (unpaired) electrons. The number of halogens is 1. The largest absolute Gasteiger partial charge is 0.466 e. The Kier molecular flexibility index (Phi) is 20.7. The Morgan fingerprint density at radius 1 is 0.750 bits per heavy atom. The molecular formula is C36H55IN2O18S3. The van der Waals surface area contributed by atoms with Gasteiger partial charge in [-0.1, -0.05) is 54.2 Å². The number of ether oxygens (including phenoxy) is 8. The van der Waals surface area contributed by atoms with E-state index in [2.05, 4.69) is 10.6 Å². The number of hydrogen-bond acceptors (Lipinski definition) is 21. The smallest absolute Gasteiger partial charge is 0.349 e. The molecule has 0 aliphatic carbocycles. The van der Waals surface area contributed by atoms with Crippen molar-refractivity contribution in [3.8, 4) is 0 Å². The standard InChI is InChI=1S/C36H55IN2O18S3/c1-16(40)38-26-24(54-20(5)44)13-36(33(49)51-11,60-59-34(7,8)9)56-30(26)28(47)25(15-52-18(3)42)58-35(32(48)50-10)12-23(53-19(4)43)27(39-17(2)41)31(57-35)29(22(46)14-37)55-21(6)45/h22-31,46-47H,12-15H2,1-11H3,(H,38,40)(H,39,41)/t22-,23+,24+,25-,26-,27-,28-,29-,30-,31-,35+,36+/m1/s1. The van der Waals surface area contributed by atoms with Gasteiger partial charge in [0.1, 0.15) is 37.1 Å². The highest BCUT2D eigenvalue weighted by atomic mass is 127. The Hall–Kier alpha value is -2.62. The second kappa shape index (κ2) is 23.2. The highest BCUT2D eigenvalue weighted by molar-refractivity contribution is 14.1. The molecule has 0 unspecified atom stereocenters. The monoisotopic (exact) mass is 1030 g/mol. The van der Waals surface area contributed by atoms with Crippen LogP contribution in [-0.2, 0) is 76.3 Å². The van der Waals surface area contributed by atoms with Gasteiger partial charge < -0.3 is 58.7 Å². The summed E-state index contributed by atoms with van der Waals surface area (Å²) in [4.78, 5) is 98.6. The quantitative estimate of drug-likeness (QED) is 0.0492. The summed E-state index contributed by atoms with van der Waals surface area (Å²) in [5, 5.41) is 27.4. The van der Waals surface area contributed by atoms with E-state index < -0.39 is 135 Å². The Labute approximate surface area is 373 Å². The first-order valence-electron chi connectivity index (χ1n) is 18.4. The molecule has 0 saturated carbocycles. The van der Waals surface area contributed by atoms with Gasteiger partial charge in [-0.3, -0.25) is 28.8 Å². The first-order valence-corrected chi connectivity index (χ1v) is 23.0. The third-order valence-corrected chi connectivity index (χ3v) is 14.8. The van der Waals surface area contributed by atoms with Crippen molar-refractivity contribution in [3.05, 3.63) is 0 Å². The van der Waals surface area contributed by atoms with Crippen LogP contribution in [0, 0.1) is 0 Å². The Bertz CT molecular complexity index is 1590. The van der Waals surface area contributed by atoms with Gasteiger partial charge in [-0.05, 0) is 10.8 Å². The number of carbonyl (C=O) groups excluding carboxylic acids is 8. The zero-order valence-corrected chi connectivity index (χ0v) is 39.7. The zero-order chi connectivity index (χ0) is 45.9. The van der Waals surface area contributed by atoms with Gasteiger partial charge in [0.15, 0.2) is 6.10 Å². The minimum Gasteiger partial charge on any atom is -0.466 e. The third-order valence-electron chi connectivity index (χ3n) is 8.57. The minimum absolute atomic E-state index is 0.0622. The average Bonchev–Trinajstić information content (AvgIpc) is 3.13. The van der Waals surface area contributed by atoms with Crippen LogP contribution in [-0.4, -0.2) is 158 Å². The lowest BCUT2D eigenvalue weighted by Crippen LogP contribution is -2.69. The second-order valence-electron chi connectivity index (χ2n) is 14.8. The first kappa shape index (κ1) is 53.5. The van der Waals surface area contributed by atoms with Crippen molar-refractivity contribution >= 4 is 104 Å². The van der Waals surface area contributed by atoms with E-state index in [9.17, 15) is 48.6 Å². The van der Waals surface area contributed by atoms with Crippen LogP contribution in [0.1, 0.15) is 75.2 Å². The average molecular weight is 1030 g/mol. The van der Waals surface area contributed by atoms with Crippen molar-refractivity contribution in [2.45, 2.75) is 150 Å². The van der Waals surface area contributed by atoms with Gasteiger partial charge in [0.2, 0.25) is 21.7 Å². The maximum absolute atomic E-state index is 14.2. The molecule has 2 heterocycles.